The molecule has 0 atom stereocenters. The molecule has 1 amide bonds. The van der Waals surface area contributed by atoms with E-state index in [2.05, 4.69) is 17.2 Å². The van der Waals surface area contributed by atoms with Crippen LogP contribution in [0.15, 0.2) is 52.5 Å². The predicted octanol–water partition coefficient (Wildman–Crippen LogP) is 4.99. The van der Waals surface area contributed by atoms with Crippen molar-refractivity contribution < 1.29 is 9.53 Å². The molecule has 3 aromatic heterocycles. The lowest BCUT2D eigenvalue weighted by atomic mass is 10.2. The number of hydrogen-bond acceptors (Lipinski definition) is 7. The van der Waals surface area contributed by atoms with Crippen LogP contribution in [0.5, 0.6) is 5.75 Å². The Morgan fingerprint density at radius 2 is 2.03 bits per heavy atom. The summed E-state index contributed by atoms with van der Waals surface area (Å²) in [6.45, 7) is 3.10. The van der Waals surface area contributed by atoms with Gasteiger partial charge in [-0.3, -0.25) is 14.2 Å². The molecule has 0 aliphatic heterocycles. The maximum atomic E-state index is 13.6. The Kier molecular flexibility index (Phi) is 7.34. The number of carbonyl (C=O) groups is 1. The van der Waals surface area contributed by atoms with Crippen molar-refractivity contribution in [2.24, 2.45) is 0 Å². The molecule has 7 nitrogen and oxygen atoms in total. The van der Waals surface area contributed by atoms with Crippen LogP contribution in [0.1, 0.15) is 44.6 Å². The molecule has 0 bridgehead atoms. The average Bonchev–Trinajstić information content (AvgIpc) is 3.52. The zero-order chi connectivity index (χ0) is 24.2. The van der Waals surface area contributed by atoms with Gasteiger partial charge in [-0.15, -0.1) is 11.3 Å². The summed E-state index contributed by atoms with van der Waals surface area (Å²) >= 11 is 2.68. The number of carbonyl (C=O) groups excluding carboxylic acids is 1. The Hall–Kier alpha value is -2.91. The second-order valence-electron chi connectivity index (χ2n) is 8.75. The van der Waals surface area contributed by atoms with Gasteiger partial charge in [-0.05, 0) is 49.1 Å². The summed E-state index contributed by atoms with van der Waals surface area (Å²) in [5, 5.41) is 4.53. The maximum Gasteiger partial charge on any atom is 0.272 e. The summed E-state index contributed by atoms with van der Waals surface area (Å²) in [4.78, 5) is 36.3. The van der Waals surface area contributed by atoms with Crippen molar-refractivity contribution in [2.75, 3.05) is 12.4 Å². The van der Waals surface area contributed by atoms with E-state index in [4.69, 9.17) is 9.72 Å². The average molecular weight is 509 g/mol. The normalized spacial score (nSPS) is 14.1. The molecule has 1 aliphatic carbocycles. The number of benzene rings is 1. The summed E-state index contributed by atoms with van der Waals surface area (Å²) in [6, 6.07) is 11.8. The molecule has 1 fully saturated rings. The van der Waals surface area contributed by atoms with E-state index in [9.17, 15) is 9.59 Å². The molecular weight excluding hydrogens is 480 g/mol. The van der Waals surface area contributed by atoms with Gasteiger partial charge in [-0.2, -0.15) is 0 Å². The van der Waals surface area contributed by atoms with Gasteiger partial charge < -0.3 is 10.1 Å². The van der Waals surface area contributed by atoms with E-state index in [-0.39, 0.29) is 23.3 Å². The smallest absolute Gasteiger partial charge is 0.272 e. The second-order valence-corrected chi connectivity index (χ2v) is 10.7. The van der Waals surface area contributed by atoms with Crippen LogP contribution >= 0.6 is 23.1 Å². The Labute approximate surface area is 211 Å². The number of nitrogens with zero attached hydrogens (tertiary/aromatic N) is 3. The first-order valence-corrected chi connectivity index (χ1v) is 13.8. The number of thiophene rings is 1. The van der Waals surface area contributed by atoms with Crippen LogP contribution in [-0.4, -0.2) is 38.8 Å². The minimum atomic E-state index is -0.108. The molecule has 4 aromatic rings. The standard InChI is InChI=1S/C26H28N4O3S2/c1-2-14-33-19-11-9-17(10-12-19)15-30-25(32)23-22(20-8-5-13-27-24(20)35-23)29-26(30)34-16-21(31)28-18-6-3-4-7-18/h5,8-13,18H,2-4,6-7,14-16H2,1H3,(H,28,31). The van der Waals surface area contributed by atoms with Crippen LogP contribution in [0.25, 0.3) is 20.4 Å². The van der Waals surface area contributed by atoms with E-state index < -0.39 is 0 Å². The molecule has 0 spiro atoms. The highest BCUT2D eigenvalue weighted by Crippen LogP contribution is 2.31. The number of aromatic nitrogens is 3. The van der Waals surface area contributed by atoms with Crippen molar-refractivity contribution in [1.29, 1.82) is 0 Å². The number of rotatable bonds is 9. The van der Waals surface area contributed by atoms with Crippen LogP contribution in [0.2, 0.25) is 0 Å². The minimum absolute atomic E-state index is 0.0166. The van der Waals surface area contributed by atoms with Crippen molar-refractivity contribution in [3.05, 3.63) is 58.5 Å². The topological polar surface area (TPSA) is 86.1 Å². The van der Waals surface area contributed by atoms with Crippen molar-refractivity contribution >= 4 is 49.4 Å². The lowest BCUT2D eigenvalue weighted by Crippen LogP contribution is -2.34. The highest BCUT2D eigenvalue weighted by atomic mass is 32.2. The van der Waals surface area contributed by atoms with E-state index in [0.717, 1.165) is 53.6 Å². The second kappa shape index (κ2) is 10.8. The third-order valence-electron chi connectivity index (χ3n) is 6.11. The minimum Gasteiger partial charge on any atom is -0.494 e. The van der Waals surface area contributed by atoms with Gasteiger partial charge >= 0.3 is 0 Å². The lowest BCUT2D eigenvalue weighted by Gasteiger charge is -2.14. The molecule has 1 N–H and O–H groups in total. The molecule has 0 radical (unpaired) electrons. The SMILES string of the molecule is CCCOc1ccc(Cn2c(SCC(=O)NC3CCCC3)nc3c(sc4ncccc43)c2=O)cc1. The van der Waals surface area contributed by atoms with Gasteiger partial charge in [0.25, 0.3) is 5.56 Å². The zero-order valence-electron chi connectivity index (χ0n) is 19.7. The van der Waals surface area contributed by atoms with E-state index >= 15 is 0 Å². The van der Waals surface area contributed by atoms with Gasteiger partial charge in [0.05, 0.1) is 24.4 Å². The molecule has 9 heteroatoms. The van der Waals surface area contributed by atoms with E-state index in [1.165, 1.54) is 23.1 Å². The van der Waals surface area contributed by atoms with Crippen LogP contribution in [0.4, 0.5) is 0 Å². The molecule has 0 saturated heterocycles. The van der Waals surface area contributed by atoms with Crippen LogP contribution in [0, 0.1) is 0 Å². The first-order valence-electron chi connectivity index (χ1n) is 12.0. The molecule has 3 heterocycles. The summed E-state index contributed by atoms with van der Waals surface area (Å²) in [6.07, 6.45) is 7.08. The Morgan fingerprint density at radius 3 is 2.80 bits per heavy atom. The first-order chi connectivity index (χ1) is 17.1. The molecule has 5 rings (SSSR count). The molecule has 1 aliphatic rings. The highest BCUT2D eigenvalue weighted by molar-refractivity contribution is 7.99. The number of amides is 1. The third kappa shape index (κ3) is 5.36. The van der Waals surface area contributed by atoms with Gasteiger partial charge in [0.15, 0.2) is 5.16 Å². The quantitative estimate of drug-likeness (QED) is 0.253. The highest BCUT2D eigenvalue weighted by Gasteiger charge is 2.20. The number of nitrogens with one attached hydrogen (secondary N) is 1. The van der Waals surface area contributed by atoms with E-state index in [1.54, 1.807) is 10.8 Å². The fourth-order valence-corrected chi connectivity index (χ4v) is 6.19. The van der Waals surface area contributed by atoms with E-state index in [1.807, 2.05) is 36.4 Å². The summed E-state index contributed by atoms with van der Waals surface area (Å²) in [5.41, 5.74) is 1.51. The molecule has 35 heavy (non-hydrogen) atoms. The first kappa shape index (κ1) is 23.8. The number of hydrogen-bond donors (Lipinski definition) is 1. The van der Waals surface area contributed by atoms with Crippen molar-refractivity contribution in [1.82, 2.24) is 19.9 Å². The number of pyridine rings is 1. The molecule has 182 valence electrons. The van der Waals surface area contributed by atoms with Crippen LogP contribution in [0.3, 0.4) is 0 Å². The Balaban J connectivity index is 1.46. The number of ether oxygens (including phenoxy) is 1. The maximum absolute atomic E-state index is 13.6. The van der Waals surface area contributed by atoms with Gasteiger partial charge in [-0.1, -0.05) is 43.7 Å². The fourth-order valence-electron chi connectivity index (χ4n) is 4.35. The molecule has 0 unspecified atom stereocenters. The van der Waals surface area contributed by atoms with Gasteiger partial charge in [0, 0.05) is 17.6 Å². The largest absolute Gasteiger partial charge is 0.494 e. The fraction of sp³-hybridized carbons (Fsp3) is 0.385. The molecular formula is C26H28N4O3S2. The lowest BCUT2D eigenvalue weighted by molar-refractivity contribution is -0.119. The van der Waals surface area contributed by atoms with Gasteiger partial charge in [0.2, 0.25) is 5.91 Å². The Morgan fingerprint density at radius 1 is 1.23 bits per heavy atom. The van der Waals surface area contributed by atoms with Gasteiger partial charge in [-0.25, -0.2) is 9.97 Å². The summed E-state index contributed by atoms with van der Waals surface area (Å²) in [7, 11) is 0. The number of thioether (sulfide) groups is 1. The summed E-state index contributed by atoms with van der Waals surface area (Å²) < 4.78 is 7.94. The zero-order valence-corrected chi connectivity index (χ0v) is 21.3. The molecule has 1 aromatic carbocycles. The number of fused-ring (bicyclic) bond motifs is 3. The van der Waals surface area contributed by atoms with E-state index in [0.29, 0.717) is 28.5 Å². The van der Waals surface area contributed by atoms with Crippen molar-refractivity contribution in [3.63, 3.8) is 0 Å². The van der Waals surface area contributed by atoms with Crippen molar-refractivity contribution in [3.8, 4) is 5.75 Å². The molecule has 1 saturated carbocycles. The van der Waals surface area contributed by atoms with Crippen LogP contribution < -0.4 is 15.6 Å². The predicted molar refractivity (Wildman–Crippen MR) is 142 cm³/mol. The summed E-state index contributed by atoms with van der Waals surface area (Å²) in [5.74, 6) is 1.01. The van der Waals surface area contributed by atoms with Crippen LogP contribution in [-0.2, 0) is 11.3 Å². The van der Waals surface area contributed by atoms with Gasteiger partial charge in [0.1, 0.15) is 15.3 Å². The van der Waals surface area contributed by atoms with Crippen molar-refractivity contribution in [2.45, 2.75) is 56.8 Å². The Bertz CT molecular complexity index is 1390. The monoisotopic (exact) mass is 508 g/mol. The third-order valence-corrected chi connectivity index (χ3v) is 8.17.